The van der Waals surface area contributed by atoms with Crippen molar-refractivity contribution in [3.05, 3.63) is 100 Å². The van der Waals surface area contributed by atoms with Crippen LogP contribution in [0.4, 0.5) is 14.5 Å². The fourth-order valence-corrected chi connectivity index (χ4v) is 4.14. The van der Waals surface area contributed by atoms with E-state index in [2.05, 4.69) is 10.6 Å². The Morgan fingerprint density at radius 2 is 1.84 bits per heavy atom. The van der Waals surface area contributed by atoms with Crippen LogP contribution in [0.2, 0.25) is 0 Å². The number of halogens is 2. The van der Waals surface area contributed by atoms with Gasteiger partial charge in [-0.3, -0.25) is 15.0 Å². The number of carbonyl (C=O) groups excluding carboxylic acids is 2. The maximum absolute atomic E-state index is 14.2. The SMILES string of the molecule is CCOC(C(=O)NCc1ccc(C(=N)N)cc1NCc1ccccc1F)N1Cc2c(F)cccc2C1=O. The van der Waals surface area contributed by atoms with E-state index in [0.29, 0.717) is 22.4 Å². The van der Waals surface area contributed by atoms with Gasteiger partial charge in [0.25, 0.3) is 11.8 Å². The first-order valence-electron chi connectivity index (χ1n) is 11.7. The molecule has 3 aromatic carbocycles. The summed E-state index contributed by atoms with van der Waals surface area (Å²) in [4.78, 5) is 27.2. The fraction of sp³-hybridized carbons (Fsp3) is 0.222. The molecule has 2 amide bonds. The summed E-state index contributed by atoms with van der Waals surface area (Å²) >= 11 is 0. The topological polar surface area (TPSA) is 121 Å². The molecule has 3 aromatic rings. The van der Waals surface area contributed by atoms with Gasteiger partial charge in [-0.1, -0.05) is 36.4 Å². The number of nitrogens with one attached hydrogen (secondary N) is 3. The molecular formula is C27H27F2N5O3. The molecule has 0 radical (unpaired) electrons. The summed E-state index contributed by atoms with van der Waals surface area (Å²) in [5.74, 6) is -2.07. The number of ether oxygens (including phenoxy) is 1. The molecule has 5 N–H and O–H groups in total. The number of hydrogen-bond donors (Lipinski definition) is 4. The van der Waals surface area contributed by atoms with E-state index >= 15 is 0 Å². The van der Waals surface area contributed by atoms with Crippen molar-refractivity contribution in [3.63, 3.8) is 0 Å². The van der Waals surface area contributed by atoms with Crippen molar-refractivity contribution in [1.82, 2.24) is 10.2 Å². The Balaban J connectivity index is 1.50. The zero-order chi connectivity index (χ0) is 26.5. The number of anilines is 1. The number of carbonyl (C=O) groups is 2. The van der Waals surface area contributed by atoms with Crippen LogP contribution >= 0.6 is 0 Å². The fourth-order valence-electron chi connectivity index (χ4n) is 4.14. The molecule has 1 unspecified atom stereocenters. The number of benzene rings is 3. The van der Waals surface area contributed by atoms with Crippen molar-refractivity contribution in [2.75, 3.05) is 11.9 Å². The number of rotatable bonds is 10. The molecule has 1 atom stereocenters. The number of nitrogens with two attached hydrogens (primary N) is 1. The number of hydrogen-bond acceptors (Lipinski definition) is 5. The number of amides is 2. The molecule has 0 spiro atoms. The van der Waals surface area contributed by atoms with Crippen LogP contribution in [0, 0.1) is 17.0 Å². The Morgan fingerprint density at radius 3 is 2.54 bits per heavy atom. The van der Waals surface area contributed by atoms with Gasteiger partial charge >= 0.3 is 0 Å². The second-order valence-corrected chi connectivity index (χ2v) is 8.46. The van der Waals surface area contributed by atoms with E-state index in [0.717, 1.165) is 0 Å². The molecule has 0 fully saturated rings. The molecule has 0 saturated carbocycles. The van der Waals surface area contributed by atoms with Crippen LogP contribution in [0.15, 0.2) is 60.7 Å². The highest BCUT2D eigenvalue weighted by molar-refractivity contribution is 6.01. The van der Waals surface area contributed by atoms with Gasteiger partial charge in [0.15, 0.2) is 0 Å². The number of amidine groups is 1. The lowest BCUT2D eigenvalue weighted by Crippen LogP contribution is -2.48. The third kappa shape index (κ3) is 5.59. The Bertz CT molecular complexity index is 1350. The van der Waals surface area contributed by atoms with Crippen molar-refractivity contribution >= 4 is 23.3 Å². The Kier molecular flexibility index (Phi) is 7.78. The lowest BCUT2D eigenvalue weighted by atomic mass is 10.1. The van der Waals surface area contributed by atoms with Crippen molar-refractivity contribution in [2.24, 2.45) is 5.73 Å². The van der Waals surface area contributed by atoms with Crippen LogP contribution in [0.5, 0.6) is 0 Å². The lowest BCUT2D eigenvalue weighted by Gasteiger charge is -2.26. The van der Waals surface area contributed by atoms with Crippen LogP contribution in [0.25, 0.3) is 0 Å². The average Bonchev–Trinajstić information content (AvgIpc) is 3.22. The molecule has 4 rings (SSSR count). The normalized spacial score (nSPS) is 13.3. The summed E-state index contributed by atoms with van der Waals surface area (Å²) < 4.78 is 33.9. The zero-order valence-corrected chi connectivity index (χ0v) is 20.2. The van der Waals surface area contributed by atoms with E-state index < -0.39 is 23.9 Å². The van der Waals surface area contributed by atoms with E-state index in [9.17, 15) is 18.4 Å². The number of fused-ring (bicyclic) bond motifs is 1. The van der Waals surface area contributed by atoms with Crippen LogP contribution in [0.3, 0.4) is 0 Å². The minimum Gasteiger partial charge on any atom is -0.384 e. The summed E-state index contributed by atoms with van der Waals surface area (Å²) in [5, 5.41) is 13.6. The maximum Gasteiger partial charge on any atom is 0.270 e. The van der Waals surface area contributed by atoms with Crippen molar-refractivity contribution in [3.8, 4) is 0 Å². The predicted octanol–water partition coefficient (Wildman–Crippen LogP) is 3.50. The molecule has 1 aliphatic heterocycles. The molecule has 0 aliphatic carbocycles. The van der Waals surface area contributed by atoms with Crippen LogP contribution in [-0.4, -0.2) is 35.4 Å². The molecule has 0 aromatic heterocycles. The monoisotopic (exact) mass is 507 g/mol. The van der Waals surface area contributed by atoms with E-state index in [-0.39, 0.29) is 49.0 Å². The van der Waals surface area contributed by atoms with Crippen molar-refractivity contribution in [2.45, 2.75) is 32.8 Å². The standard InChI is InChI=1S/C27H27F2N5O3/c1-2-37-27(34-15-20-19(26(34)36)7-5-9-22(20)29)25(35)33-14-18-11-10-16(24(30)31)12-23(18)32-13-17-6-3-4-8-21(17)28/h3-12,27,32H,2,13-15H2,1H3,(H3,30,31)(H,33,35). The van der Waals surface area contributed by atoms with Gasteiger partial charge in [0.1, 0.15) is 17.5 Å². The Labute approximate surface area is 212 Å². The smallest absolute Gasteiger partial charge is 0.270 e. The second-order valence-electron chi connectivity index (χ2n) is 8.46. The van der Waals surface area contributed by atoms with Gasteiger partial charge in [-0.15, -0.1) is 0 Å². The van der Waals surface area contributed by atoms with Gasteiger partial charge in [0.2, 0.25) is 6.23 Å². The summed E-state index contributed by atoms with van der Waals surface area (Å²) in [6.07, 6.45) is -1.25. The summed E-state index contributed by atoms with van der Waals surface area (Å²) in [6, 6.07) is 15.6. The third-order valence-corrected chi connectivity index (χ3v) is 6.07. The van der Waals surface area contributed by atoms with Gasteiger partial charge in [0.05, 0.1) is 6.54 Å². The molecule has 10 heteroatoms. The molecular weight excluding hydrogens is 480 g/mol. The first-order valence-corrected chi connectivity index (χ1v) is 11.7. The van der Waals surface area contributed by atoms with E-state index in [4.69, 9.17) is 15.9 Å². The molecule has 0 saturated heterocycles. The van der Waals surface area contributed by atoms with Crippen molar-refractivity contribution < 1.29 is 23.1 Å². The highest BCUT2D eigenvalue weighted by Crippen LogP contribution is 2.27. The lowest BCUT2D eigenvalue weighted by molar-refractivity contribution is -0.143. The van der Waals surface area contributed by atoms with Gasteiger partial charge in [-0.2, -0.15) is 0 Å². The quantitative estimate of drug-likeness (QED) is 0.247. The van der Waals surface area contributed by atoms with E-state index in [1.165, 1.54) is 29.2 Å². The Morgan fingerprint density at radius 1 is 1.08 bits per heavy atom. The molecule has 8 nitrogen and oxygen atoms in total. The Hall–Kier alpha value is -4.31. The number of nitrogen functional groups attached to an aromatic ring is 1. The first-order chi connectivity index (χ1) is 17.8. The molecule has 0 bridgehead atoms. The van der Waals surface area contributed by atoms with Gasteiger partial charge < -0.3 is 26.0 Å². The maximum atomic E-state index is 14.2. The van der Waals surface area contributed by atoms with Crippen LogP contribution in [-0.2, 0) is 29.2 Å². The summed E-state index contributed by atoms with van der Waals surface area (Å²) in [6.45, 7) is 1.98. The van der Waals surface area contributed by atoms with Gasteiger partial charge in [0, 0.05) is 47.6 Å². The van der Waals surface area contributed by atoms with E-state index in [1.807, 2.05) is 0 Å². The highest BCUT2D eigenvalue weighted by Gasteiger charge is 2.38. The number of nitrogens with zero attached hydrogens (tertiary/aromatic N) is 1. The minimum absolute atomic E-state index is 0.0452. The molecule has 37 heavy (non-hydrogen) atoms. The minimum atomic E-state index is -1.25. The summed E-state index contributed by atoms with van der Waals surface area (Å²) in [5.41, 5.74) is 8.17. The second kappa shape index (κ2) is 11.2. The van der Waals surface area contributed by atoms with Gasteiger partial charge in [-0.05, 0) is 36.8 Å². The molecule has 1 heterocycles. The third-order valence-electron chi connectivity index (χ3n) is 6.07. The van der Waals surface area contributed by atoms with Gasteiger partial charge in [-0.25, -0.2) is 8.78 Å². The first kappa shape index (κ1) is 25.8. The van der Waals surface area contributed by atoms with E-state index in [1.54, 1.807) is 43.3 Å². The highest BCUT2D eigenvalue weighted by atomic mass is 19.1. The summed E-state index contributed by atoms with van der Waals surface area (Å²) in [7, 11) is 0. The average molecular weight is 508 g/mol. The largest absolute Gasteiger partial charge is 0.384 e. The zero-order valence-electron chi connectivity index (χ0n) is 20.2. The van der Waals surface area contributed by atoms with Crippen molar-refractivity contribution in [1.29, 1.82) is 5.41 Å². The van der Waals surface area contributed by atoms with Crippen LogP contribution < -0.4 is 16.4 Å². The predicted molar refractivity (Wildman–Crippen MR) is 135 cm³/mol. The van der Waals surface area contributed by atoms with Crippen LogP contribution in [0.1, 0.15) is 39.5 Å². The molecule has 192 valence electrons. The molecule has 1 aliphatic rings.